The molecule has 0 atom stereocenters. The molecule has 1 fully saturated rings. The number of benzene rings is 1. The van der Waals surface area contributed by atoms with Gasteiger partial charge in [0, 0.05) is 12.0 Å². The molecular weight excluding hydrogens is 495 g/mol. The molecule has 0 bridgehead atoms. The second kappa shape index (κ2) is 8.20. The third-order valence-electron chi connectivity index (χ3n) is 5.09. The number of aromatic nitrogens is 1. The first-order chi connectivity index (χ1) is 15.0. The lowest BCUT2D eigenvalue weighted by atomic mass is 9.94. The number of sulfone groups is 1. The van der Waals surface area contributed by atoms with Crippen molar-refractivity contribution in [3.8, 4) is 17.2 Å². The van der Waals surface area contributed by atoms with Crippen LogP contribution in [0.2, 0.25) is 10.0 Å². The van der Waals surface area contributed by atoms with Crippen molar-refractivity contribution in [2.45, 2.75) is 13.0 Å². The summed E-state index contributed by atoms with van der Waals surface area (Å²) in [6, 6.07) is 2.37. The second-order valence-corrected chi connectivity index (χ2v) is 10.5. The van der Waals surface area contributed by atoms with Crippen LogP contribution in [0.3, 0.4) is 0 Å². The number of ketones is 1. The second-order valence-electron chi connectivity index (χ2n) is 7.65. The molecule has 172 valence electrons. The molecule has 13 heteroatoms. The van der Waals surface area contributed by atoms with Gasteiger partial charge in [0.1, 0.15) is 10.0 Å². The molecule has 2 aromatic rings. The molecule has 0 unspecified atom stereocenters. The number of halogens is 4. The van der Waals surface area contributed by atoms with Gasteiger partial charge in [0.15, 0.2) is 39.5 Å². The van der Waals surface area contributed by atoms with Crippen LogP contribution in [0.4, 0.5) is 8.78 Å². The van der Waals surface area contributed by atoms with E-state index in [1.807, 2.05) is 0 Å². The number of ether oxygens (including phenoxy) is 3. The Balaban J connectivity index is 1.69. The van der Waals surface area contributed by atoms with E-state index in [4.69, 9.17) is 32.7 Å². The van der Waals surface area contributed by atoms with Gasteiger partial charge in [-0.25, -0.2) is 8.42 Å². The highest BCUT2D eigenvalue weighted by Crippen LogP contribution is 2.47. The maximum atomic E-state index is 13.0. The number of carbonyl (C=O) groups excluding carboxylic acids is 1. The third-order valence-corrected chi connectivity index (χ3v) is 7.84. The van der Waals surface area contributed by atoms with Gasteiger partial charge >= 0.3 is 6.61 Å². The number of carbonyl (C=O) groups is 1. The predicted octanol–water partition coefficient (Wildman–Crippen LogP) is 2.84. The molecule has 3 heterocycles. The van der Waals surface area contributed by atoms with E-state index in [-0.39, 0.29) is 69.6 Å². The number of rotatable bonds is 5. The van der Waals surface area contributed by atoms with E-state index in [0.29, 0.717) is 4.73 Å². The Morgan fingerprint density at radius 3 is 2.31 bits per heavy atom. The van der Waals surface area contributed by atoms with Crippen LogP contribution in [0.25, 0.3) is 0 Å². The van der Waals surface area contributed by atoms with Gasteiger partial charge in [-0.15, -0.1) is 0 Å². The average molecular weight is 510 g/mol. The normalized spacial score (nSPS) is 18.2. The van der Waals surface area contributed by atoms with Crippen LogP contribution in [-0.2, 0) is 16.3 Å². The summed E-state index contributed by atoms with van der Waals surface area (Å²) < 4.78 is 65.4. The molecule has 0 saturated carbocycles. The number of Topliss-reactive ketones (excluding diaryl/α,β-unsaturated/α-hetero) is 1. The summed E-state index contributed by atoms with van der Waals surface area (Å²) >= 11 is 12.1. The van der Waals surface area contributed by atoms with E-state index in [0.717, 1.165) is 18.5 Å². The Bertz CT molecular complexity index is 1170. The molecule has 0 aliphatic carbocycles. The van der Waals surface area contributed by atoms with Gasteiger partial charge < -0.3 is 19.4 Å². The Labute approximate surface area is 191 Å². The van der Waals surface area contributed by atoms with Crippen LogP contribution in [0.5, 0.6) is 17.2 Å². The maximum absolute atomic E-state index is 13.0. The minimum atomic E-state index is -3.24. The Hall–Kier alpha value is -2.37. The topological polar surface area (TPSA) is 106 Å². The standard InChI is InChI=1S/C19H15Cl2F2NO7S/c20-12-4-24(26)5-13(21)11(12)3-14(25)10-1-2-15(31-18(22)23)17-16(10)29-6-19(7-30-17)8-32(27,28)9-19/h1-2,4-5,18H,3,6-9H2. The van der Waals surface area contributed by atoms with E-state index >= 15 is 0 Å². The summed E-state index contributed by atoms with van der Waals surface area (Å²) in [6.07, 6.45) is 1.76. The maximum Gasteiger partial charge on any atom is 0.387 e. The fraction of sp³-hybridized carbons (Fsp3) is 0.368. The molecule has 1 aromatic carbocycles. The van der Waals surface area contributed by atoms with Crippen molar-refractivity contribution in [3.05, 3.63) is 50.9 Å². The van der Waals surface area contributed by atoms with Crippen molar-refractivity contribution in [1.29, 1.82) is 0 Å². The molecule has 1 saturated heterocycles. The molecule has 8 nitrogen and oxygen atoms in total. The number of alkyl halides is 2. The smallest absolute Gasteiger partial charge is 0.387 e. The summed E-state index contributed by atoms with van der Waals surface area (Å²) in [7, 11) is -3.24. The van der Waals surface area contributed by atoms with Crippen LogP contribution in [0.1, 0.15) is 15.9 Å². The number of hydrogen-bond donors (Lipinski definition) is 0. The molecular formula is C19H15Cl2F2NO7S. The third kappa shape index (κ3) is 4.41. The Morgan fingerprint density at radius 2 is 1.75 bits per heavy atom. The predicted molar refractivity (Wildman–Crippen MR) is 109 cm³/mol. The summed E-state index contributed by atoms with van der Waals surface area (Å²) in [5.74, 6) is -1.64. The van der Waals surface area contributed by atoms with Crippen molar-refractivity contribution in [3.63, 3.8) is 0 Å². The number of fused-ring (bicyclic) bond motifs is 1. The van der Waals surface area contributed by atoms with Gasteiger partial charge in [-0.05, 0) is 12.1 Å². The van der Waals surface area contributed by atoms with Crippen molar-refractivity contribution in [2.75, 3.05) is 24.7 Å². The molecule has 32 heavy (non-hydrogen) atoms. The van der Waals surface area contributed by atoms with Gasteiger partial charge in [0.2, 0.25) is 5.75 Å². The first-order valence-corrected chi connectivity index (χ1v) is 11.7. The average Bonchev–Trinajstić information content (AvgIpc) is 2.84. The van der Waals surface area contributed by atoms with Crippen LogP contribution < -0.4 is 18.9 Å². The zero-order valence-electron chi connectivity index (χ0n) is 16.1. The quantitative estimate of drug-likeness (QED) is 0.346. The molecule has 1 spiro atoms. The number of nitrogens with zero attached hydrogens (tertiary/aromatic N) is 1. The van der Waals surface area contributed by atoms with Crippen LogP contribution in [-0.4, -0.2) is 45.5 Å². The summed E-state index contributed by atoms with van der Waals surface area (Å²) in [5, 5.41) is 11.4. The monoisotopic (exact) mass is 509 g/mol. The first-order valence-electron chi connectivity index (χ1n) is 9.16. The molecule has 2 aliphatic rings. The van der Waals surface area contributed by atoms with Gasteiger partial charge in [-0.2, -0.15) is 13.5 Å². The number of hydrogen-bond acceptors (Lipinski definition) is 7. The minimum Gasteiger partial charge on any atom is -0.619 e. The lowest BCUT2D eigenvalue weighted by Gasteiger charge is -2.38. The van der Waals surface area contributed by atoms with Crippen molar-refractivity contribution < 1.29 is 40.9 Å². The van der Waals surface area contributed by atoms with Crippen molar-refractivity contribution in [2.24, 2.45) is 5.41 Å². The van der Waals surface area contributed by atoms with Gasteiger partial charge in [-0.1, -0.05) is 23.2 Å². The van der Waals surface area contributed by atoms with Crippen molar-refractivity contribution >= 4 is 38.8 Å². The van der Waals surface area contributed by atoms with E-state index < -0.39 is 27.6 Å². The molecule has 1 aromatic heterocycles. The van der Waals surface area contributed by atoms with E-state index in [1.165, 1.54) is 6.07 Å². The Morgan fingerprint density at radius 1 is 1.16 bits per heavy atom. The van der Waals surface area contributed by atoms with Crippen molar-refractivity contribution in [1.82, 2.24) is 0 Å². The lowest BCUT2D eigenvalue weighted by Crippen LogP contribution is -2.55. The molecule has 4 rings (SSSR count). The first kappa shape index (κ1) is 22.8. The van der Waals surface area contributed by atoms with Gasteiger partial charge in [-0.3, -0.25) is 4.79 Å². The van der Waals surface area contributed by atoms with Crippen LogP contribution >= 0.6 is 23.2 Å². The molecule has 0 N–H and O–H groups in total. The summed E-state index contributed by atoms with van der Waals surface area (Å²) in [6.45, 7) is -3.37. The highest BCUT2D eigenvalue weighted by molar-refractivity contribution is 7.92. The zero-order chi connectivity index (χ0) is 23.3. The van der Waals surface area contributed by atoms with E-state index in [2.05, 4.69) is 4.74 Å². The molecule has 0 amide bonds. The largest absolute Gasteiger partial charge is 0.619 e. The molecule has 2 aliphatic heterocycles. The highest BCUT2D eigenvalue weighted by Gasteiger charge is 2.51. The fourth-order valence-corrected chi connectivity index (χ4v) is 6.43. The Kier molecular flexibility index (Phi) is 5.84. The highest BCUT2D eigenvalue weighted by atomic mass is 35.5. The van der Waals surface area contributed by atoms with E-state index in [1.54, 1.807) is 0 Å². The van der Waals surface area contributed by atoms with E-state index in [9.17, 15) is 27.2 Å². The van der Waals surface area contributed by atoms with Crippen LogP contribution in [0, 0.1) is 10.6 Å². The molecule has 0 radical (unpaired) electrons. The zero-order valence-corrected chi connectivity index (χ0v) is 18.5. The summed E-state index contributed by atoms with van der Waals surface area (Å²) in [4.78, 5) is 13.0. The SMILES string of the molecule is O=C(Cc1c(Cl)c[n+]([O-])cc1Cl)c1ccc(OC(F)F)c2c1OCC1(CO2)CS(=O)(=O)C1. The number of pyridine rings is 1. The lowest BCUT2D eigenvalue weighted by molar-refractivity contribution is -0.605. The summed E-state index contributed by atoms with van der Waals surface area (Å²) in [5.41, 5.74) is -0.677. The van der Waals surface area contributed by atoms with Gasteiger partial charge in [0.25, 0.3) is 0 Å². The fourth-order valence-electron chi connectivity index (χ4n) is 3.74. The minimum absolute atomic E-state index is 0.0215. The van der Waals surface area contributed by atoms with Gasteiger partial charge in [0.05, 0.1) is 35.7 Å². The van der Waals surface area contributed by atoms with Crippen LogP contribution in [0.15, 0.2) is 24.5 Å².